The standard InChI is InChI=1S/C15H15N3O4S/c19-12-4-6-17(7-5-12)15(20)13-9-23-14(16-13)10-2-1-3-11(8-10)18(21)22/h1-3,8-9,12,19H,4-7H2. The maximum absolute atomic E-state index is 12.4. The van der Waals surface area contributed by atoms with Crippen LogP contribution in [-0.4, -0.2) is 45.0 Å². The number of carbonyl (C=O) groups excluding carboxylic acids is 1. The van der Waals surface area contributed by atoms with Crippen LogP contribution in [0.2, 0.25) is 0 Å². The highest BCUT2D eigenvalue weighted by Gasteiger charge is 2.24. The van der Waals surface area contributed by atoms with E-state index in [9.17, 15) is 20.0 Å². The van der Waals surface area contributed by atoms with Crippen molar-refractivity contribution in [1.29, 1.82) is 0 Å². The molecular formula is C15H15N3O4S. The van der Waals surface area contributed by atoms with Gasteiger partial charge in [-0.2, -0.15) is 0 Å². The van der Waals surface area contributed by atoms with Crippen molar-refractivity contribution in [3.63, 3.8) is 0 Å². The van der Waals surface area contributed by atoms with Crippen molar-refractivity contribution < 1.29 is 14.8 Å². The van der Waals surface area contributed by atoms with Crippen LogP contribution in [0.15, 0.2) is 29.6 Å². The topological polar surface area (TPSA) is 96.6 Å². The number of non-ortho nitro benzene ring substituents is 1. The van der Waals surface area contributed by atoms with Gasteiger partial charge in [0.15, 0.2) is 0 Å². The van der Waals surface area contributed by atoms with Gasteiger partial charge < -0.3 is 10.0 Å². The summed E-state index contributed by atoms with van der Waals surface area (Å²) in [5.41, 5.74) is 0.959. The summed E-state index contributed by atoms with van der Waals surface area (Å²) >= 11 is 1.29. The quantitative estimate of drug-likeness (QED) is 0.687. The summed E-state index contributed by atoms with van der Waals surface area (Å²) in [5, 5.41) is 22.6. The second-order valence-electron chi connectivity index (χ2n) is 5.37. The molecule has 1 amide bonds. The lowest BCUT2D eigenvalue weighted by atomic mass is 10.1. The number of nitro benzene ring substituents is 1. The van der Waals surface area contributed by atoms with E-state index in [1.807, 2.05) is 0 Å². The highest BCUT2D eigenvalue weighted by atomic mass is 32.1. The van der Waals surface area contributed by atoms with Gasteiger partial charge in [-0.25, -0.2) is 4.98 Å². The van der Waals surface area contributed by atoms with E-state index < -0.39 is 4.92 Å². The molecule has 120 valence electrons. The molecule has 2 heterocycles. The highest BCUT2D eigenvalue weighted by Crippen LogP contribution is 2.27. The Morgan fingerprint density at radius 3 is 2.83 bits per heavy atom. The molecule has 1 N–H and O–H groups in total. The van der Waals surface area contributed by atoms with Crippen molar-refractivity contribution in [3.8, 4) is 10.6 Å². The summed E-state index contributed by atoms with van der Waals surface area (Å²) < 4.78 is 0. The molecule has 1 aromatic heterocycles. The largest absolute Gasteiger partial charge is 0.393 e. The minimum absolute atomic E-state index is 0.00408. The first-order chi connectivity index (χ1) is 11.0. The summed E-state index contributed by atoms with van der Waals surface area (Å²) in [4.78, 5) is 28.8. The molecule has 7 nitrogen and oxygen atoms in total. The van der Waals surface area contributed by atoms with E-state index in [1.165, 1.54) is 23.5 Å². The lowest BCUT2D eigenvalue weighted by molar-refractivity contribution is -0.384. The van der Waals surface area contributed by atoms with Gasteiger partial charge in [0, 0.05) is 36.2 Å². The van der Waals surface area contributed by atoms with Crippen LogP contribution in [0.3, 0.4) is 0 Å². The van der Waals surface area contributed by atoms with Crippen LogP contribution in [0.25, 0.3) is 10.6 Å². The van der Waals surface area contributed by atoms with Gasteiger partial charge in [0.1, 0.15) is 10.7 Å². The Balaban J connectivity index is 1.79. The van der Waals surface area contributed by atoms with Crippen molar-refractivity contribution in [1.82, 2.24) is 9.88 Å². The second-order valence-corrected chi connectivity index (χ2v) is 6.23. The Morgan fingerprint density at radius 1 is 1.39 bits per heavy atom. The number of thiazole rings is 1. The van der Waals surface area contributed by atoms with Crippen molar-refractivity contribution >= 4 is 22.9 Å². The average molecular weight is 333 g/mol. The summed E-state index contributed by atoms with van der Waals surface area (Å²) in [6.07, 6.45) is 0.816. The summed E-state index contributed by atoms with van der Waals surface area (Å²) in [5.74, 6) is -0.162. The van der Waals surface area contributed by atoms with Crippen molar-refractivity contribution in [2.75, 3.05) is 13.1 Å². The Bertz CT molecular complexity index is 738. The molecule has 0 unspecified atom stereocenters. The van der Waals surface area contributed by atoms with Crippen molar-refractivity contribution in [2.45, 2.75) is 18.9 Å². The number of nitrogens with zero attached hydrogens (tertiary/aromatic N) is 3. The number of benzene rings is 1. The zero-order chi connectivity index (χ0) is 16.4. The van der Waals surface area contributed by atoms with Gasteiger partial charge in [0.25, 0.3) is 11.6 Å². The molecule has 0 spiro atoms. The molecule has 0 atom stereocenters. The molecule has 1 aliphatic heterocycles. The summed E-state index contributed by atoms with van der Waals surface area (Å²) in [6, 6.07) is 6.20. The molecule has 1 fully saturated rings. The fraction of sp³-hybridized carbons (Fsp3) is 0.333. The molecular weight excluding hydrogens is 318 g/mol. The van der Waals surface area contributed by atoms with E-state index >= 15 is 0 Å². The fourth-order valence-corrected chi connectivity index (χ4v) is 3.28. The van der Waals surface area contributed by atoms with Gasteiger partial charge in [0.2, 0.25) is 0 Å². The fourth-order valence-electron chi connectivity index (χ4n) is 2.49. The molecule has 0 bridgehead atoms. The van der Waals surface area contributed by atoms with E-state index in [4.69, 9.17) is 0 Å². The summed E-state index contributed by atoms with van der Waals surface area (Å²) in [6.45, 7) is 1.04. The van der Waals surface area contributed by atoms with Crippen LogP contribution in [-0.2, 0) is 0 Å². The minimum atomic E-state index is -0.456. The molecule has 0 saturated carbocycles. The van der Waals surface area contributed by atoms with Gasteiger partial charge in [-0.1, -0.05) is 12.1 Å². The van der Waals surface area contributed by atoms with Gasteiger partial charge in [-0.05, 0) is 12.8 Å². The van der Waals surface area contributed by atoms with E-state index in [2.05, 4.69) is 4.98 Å². The molecule has 8 heteroatoms. The number of aromatic nitrogens is 1. The number of aliphatic hydroxyl groups excluding tert-OH is 1. The number of rotatable bonds is 3. The highest BCUT2D eigenvalue weighted by molar-refractivity contribution is 7.13. The zero-order valence-electron chi connectivity index (χ0n) is 12.2. The summed E-state index contributed by atoms with van der Waals surface area (Å²) in [7, 11) is 0. The molecule has 0 radical (unpaired) electrons. The van der Waals surface area contributed by atoms with Gasteiger partial charge in [0.05, 0.1) is 11.0 Å². The number of hydrogen-bond acceptors (Lipinski definition) is 6. The first-order valence-corrected chi connectivity index (χ1v) is 8.10. The maximum Gasteiger partial charge on any atom is 0.273 e. The van der Waals surface area contributed by atoms with Crippen LogP contribution in [0.1, 0.15) is 23.3 Å². The van der Waals surface area contributed by atoms with Gasteiger partial charge >= 0.3 is 0 Å². The Hall–Kier alpha value is -2.32. The first kappa shape index (κ1) is 15.6. The number of hydrogen-bond donors (Lipinski definition) is 1. The van der Waals surface area contributed by atoms with E-state index in [-0.39, 0.29) is 17.7 Å². The molecule has 1 aliphatic rings. The lowest BCUT2D eigenvalue weighted by Gasteiger charge is -2.28. The Kier molecular flexibility index (Phi) is 4.35. The third-order valence-electron chi connectivity index (χ3n) is 3.78. The molecule has 2 aromatic rings. The van der Waals surface area contributed by atoms with Crippen LogP contribution >= 0.6 is 11.3 Å². The molecule has 1 saturated heterocycles. The third kappa shape index (κ3) is 3.38. The number of amides is 1. The van der Waals surface area contributed by atoms with Crippen LogP contribution in [0.4, 0.5) is 5.69 Å². The minimum Gasteiger partial charge on any atom is -0.393 e. The number of nitro groups is 1. The lowest BCUT2D eigenvalue weighted by Crippen LogP contribution is -2.40. The molecule has 23 heavy (non-hydrogen) atoms. The monoisotopic (exact) mass is 333 g/mol. The predicted molar refractivity (Wildman–Crippen MR) is 85.3 cm³/mol. The second kappa shape index (κ2) is 6.43. The van der Waals surface area contributed by atoms with Crippen molar-refractivity contribution in [3.05, 3.63) is 45.5 Å². The van der Waals surface area contributed by atoms with Gasteiger partial charge in [-0.3, -0.25) is 14.9 Å². The zero-order valence-corrected chi connectivity index (χ0v) is 13.0. The smallest absolute Gasteiger partial charge is 0.273 e. The number of carbonyl (C=O) groups is 1. The molecule has 1 aromatic carbocycles. The molecule has 3 rings (SSSR count). The molecule has 0 aliphatic carbocycles. The van der Waals surface area contributed by atoms with E-state index in [1.54, 1.807) is 22.4 Å². The normalized spacial score (nSPS) is 15.6. The van der Waals surface area contributed by atoms with Crippen LogP contribution in [0.5, 0.6) is 0 Å². The maximum atomic E-state index is 12.4. The predicted octanol–water partition coefficient (Wildman–Crippen LogP) is 2.32. The van der Waals surface area contributed by atoms with Crippen LogP contribution in [0, 0.1) is 10.1 Å². The van der Waals surface area contributed by atoms with E-state index in [0.717, 1.165) is 0 Å². The Morgan fingerprint density at radius 2 is 2.13 bits per heavy atom. The number of piperidine rings is 1. The first-order valence-electron chi connectivity index (χ1n) is 7.22. The third-order valence-corrected chi connectivity index (χ3v) is 4.67. The van der Waals surface area contributed by atoms with E-state index in [0.29, 0.717) is 42.2 Å². The average Bonchev–Trinajstić information content (AvgIpc) is 3.05. The van der Waals surface area contributed by atoms with Gasteiger partial charge in [-0.15, -0.1) is 11.3 Å². The Labute approximate surface area is 136 Å². The SMILES string of the molecule is O=C(c1csc(-c2cccc([N+](=O)[O-])c2)n1)N1CCC(O)CC1. The van der Waals surface area contributed by atoms with Crippen LogP contribution < -0.4 is 0 Å². The number of likely N-dealkylation sites (tertiary alicyclic amines) is 1. The number of aliphatic hydroxyl groups is 1. The van der Waals surface area contributed by atoms with Crippen molar-refractivity contribution in [2.24, 2.45) is 0 Å².